The van der Waals surface area contributed by atoms with E-state index in [-0.39, 0.29) is 12.6 Å². The number of thioether (sulfide) groups is 1. The van der Waals surface area contributed by atoms with Gasteiger partial charge in [-0.3, -0.25) is 0 Å². The highest BCUT2D eigenvalue weighted by Gasteiger charge is 2.12. The zero-order valence-electron chi connectivity index (χ0n) is 13.1. The minimum absolute atomic E-state index is 0.163. The van der Waals surface area contributed by atoms with E-state index in [0.29, 0.717) is 18.4 Å². The number of aliphatic hydroxyl groups excluding tert-OH is 1. The van der Waals surface area contributed by atoms with Gasteiger partial charge in [-0.15, -0.1) is 11.8 Å². The molecule has 0 aliphatic rings. The minimum Gasteiger partial charge on any atom is -0.396 e. The number of nitrogens with one attached hydrogen (secondary N) is 2. The van der Waals surface area contributed by atoms with Crippen LogP contribution in [0.25, 0.3) is 0 Å². The first-order valence-corrected chi connectivity index (χ1v) is 8.57. The predicted molar refractivity (Wildman–Crippen MR) is 89.9 cm³/mol. The quantitative estimate of drug-likeness (QED) is 0.643. The van der Waals surface area contributed by atoms with Crippen molar-refractivity contribution in [2.24, 2.45) is 11.8 Å². The third-order valence-electron chi connectivity index (χ3n) is 3.22. The van der Waals surface area contributed by atoms with Crippen molar-refractivity contribution in [1.29, 1.82) is 0 Å². The summed E-state index contributed by atoms with van der Waals surface area (Å²) in [6.07, 6.45) is 3.73. The van der Waals surface area contributed by atoms with Crippen LogP contribution < -0.4 is 10.6 Å². The molecule has 4 nitrogen and oxygen atoms in total. The summed E-state index contributed by atoms with van der Waals surface area (Å²) in [5, 5.41) is 14.8. The highest BCUT2D eigenvalue weighted by Crippen LogP contribution is 2.19. The Hall–Kier alpha value is -1.20. The molecule has 21 heavy (non-hydrogen) atoms. The summed E-state index contributed by atoms with van der Waals surface area (Å²) in [7, 11) is 0. The summed E-state index contributed by atoms with van der Waals surface area (Å²) in [5.41, 5.74) is 0.793. The van der Waals surface area contributed by atoms with Crippen LogP contribution in [0.5, 0.6) is 0 Å². The Labute approximate surface area is 131 Å². The fourth-order valence-electron chi connectivity index (χ4n) is 2.27. The zero-order valence-corrected chi connectivity index (χ0v) is 13.9. The number of benzene rings is 1. The van der Waals surface area contributed by atoms with Crippen LogP contribution in [0, 0.1) is 11.8 Å². The molecule has 1 atom stereocenters. The standard InChI is InChI=1S/C16H26N2O2S/c1-12(2)9-13(7-8-19)11-17-16(20)18-14-5-4-6-15(10-14)21-3/h4-6,10,12-13,19H,7-9,11H2,1-3H3,(H2,17,18,20). The van der Waals surface area contributed by atoms with Gasteiger partial charge in [-0.05, 0) is 49.1 Å². The highest BCUT2D eigenvalue weighted by atomic mass is 32.2. The molecule has 0 radical (unpaired) electrons. The normalized spacial score (nSPS) is 12.2. The second-order valence-corrected chi connectivity index (χ2v) is 6.45. The Morgan fingerprint density at radius 2 is 2.14 bits per heavy atom. The molecular formula is C16H26N2O2S. The first-order valence-electron chi connectivity index (χ1n) is 7.35. The molecule has 0 fully saturated rings. The van der Waals surface area contributed by atoms with Crippen molar-refractivity contribution in [3.05, 3.63) is 24.3 Å². The number of carbonyl (C=O) groups is 1. The molecule has 0 heterocycles. The van der Waals surface area contributed by atoms with Gasteiger partial charge in [-0.1, -0.05) is 19.9 Å². The van der Waals surface area contributed by atoms with Crippen LogP contribution in [0.2, 0.25) is 0 Å². The molecule has 1 rings (SSSR count). The van der Waals surface area contributed by atoms with Gasteiger partial charge in [0.2, 0.25) is 0 Å². The van der Waals surface area contributed by atoms with E-state index in [0.717, 1.165) is 23.4 Å². The molecule has 0 aliphatic carbocycles. The number of carbonyl (C=O) groups excluding carboxylic acids is 1. The van der Waals surface area contributed by atoms with Crippen LogP contribution in [-0.4, -0.2) is 30.5 Å². The van der Waals surface area contributed by atoms with Gasteiger partial charge < -0.3 is 15.7 Å². The Morgan fingerprint density at radius 1 is 1.38 bits per heavy atom. The highest BCUT2D eigenvalue weighted by molar-refractivity contribution is 7.98. The van der Waals surface area contributed by atoms with Gasteiger partial charge >= 0.3 is 6.03 Å². The van der Waals surface area contributed by atoms with Crippen molar-refractivity contribution in [2.45, 2.75) is 31.6 Å². The van der Waals surface area contributed by atoms with Gasteiger partial charge in [0, 0.05) is 23.7 Å². The van der Waals surface area contributed by atoms with Gasteiger partial charge in [0.25, 0.3) is 0 Å². The van der Waals surface area contributed by atoms with Gasteiger partial charge in [0.1, 0.15) is 0 Å². The molecule has 5 heteroatoms. The molecule has 3 N–H and O–H groups in total. The Bertz CT molecular complexity index is 438. The number of hydrogen-bond acceptors (Lipinski definition) is 3. The molecule has 0 aliphatic heterocycles. The Kier molecular flexibility index (Phi) is 8.23. The van der Waals surface area contributed by atoms with E-state index in [9.17, 15) is 4.79 Å². The average Bonchev–Trinajstić information content (AvgIpc) is 2.44. The van der Waals surface area contributed by atoms with Crippen LogP contribution in [0.1, 0.15) is 26.7 Å². The van der Waals surface area contributed by atoms with Crippen molar-refractivity contribution in [3.8, 4) is 0 Å². The van der Waals surface area contributed by atoms with Crippen LogP contribution in [0.4, 0.5) is 10.5 Å². The third kappa shape index (κ3) is 7.39. The number of aliphatic hydroxyl groups is 1. The van der Waals surface area contributed by atoms with E-state index in [1.165, 1.54) is 0 Å². The number of rotatable bonds is 8. The number of anilines is 1. The smallest absolute Gasteiger partial charge is 0.319 e. The summed E-state index contributed by atoms with van der Waals surface area (Å²) in [6, 6.07) is 7.56. The zero-order chi connectivity index (χ0) is 15.7. The van der Waals surface area contributed by atoms with Crippen LogP contribution in [0.15, 0.2) is 29.2 Å². The minimum atomic E-state index is -0.194. The second kappa shape index (κ2) is 9.68. The Morgan fingerprint density at radius 3 is 2.76 bits per heavy atom. The van der Waals surface area contributed by atoms with Gasteiger partial charge in [0.15, 0.2) is 0 Å². The maximum atomic E-state index is 11.9. The van der Waals surface area contributed by atoms with Crippen LogP contribution in [-0.2, 0) is 0 Å². The molecule has 0 bridgehead atoms. The van der Waals surface area contributed by atoms with E-state index in [4.69, 9.17) is 5.11 Å². The lowest BCUT2D eigenvalue weighted by molar-refractivity contribution is 0.231. The van der Waals surface area contributed by atoms with E-state index in [1.54, 1.807) is 11.8 Å². The summed E-state index contributed by atoms with van der Waals surface area (Å²) in [5.74, 6) is 0.878. The lowest BCUT2D eigenvalue weighted by atomic mass is 9.94. The van der Waals surface area contributed by atoms with Crippen molar-refractivity contribution >= 4 is 23.5 Å². The fourth-order valence-corrected chi connectivity index (χ4v) is 2.73. The van der Waals surface area contributed by atoms with E-state index < -0.39 is 0 Å². The molecule has 0 spiro atoms. The van der Waals surface area contributed by atoms with Crippen LogP contribution >= 0.6 is 11.8 Å². The summed E-state index contributed by atoms with van der Waals surface area (Å²) in [4.78, 5) is 13.0. The SMILES string of the molecule is CSc1cccc(NC(=O)NCC(CCO)CC(C)C)c1. The van der Waals surface area contributed by atoms with Crippen molar-refractivity contribution in [3.63, 3.8) is 0 Å². The number of amides is 2. The monoisotopic (exact) mass is 310 g/mol. The topological polar surface area (TPSA) is 61.4 Å². The first kappa shape index (κ1) is 17.9. The molecule has 118 valence electrons. The van der Waals surface area contributed by atoms with Crippen molar-refractivity contribution in [2.75, 3.05) is 24.7 Å². The lowest BCUT2D eigenvalue weighted by Gasteiger charge is -2.18. The number of urea groups is 1. The molecule has 1 aromatic rings. The van der Waals surface area contributed by atoms with Gasteiger partial charge in [0.05, 0.1) is 0 Å². The molecule has 1 unspecified atom stereocenters. The summed E-state index contributed by atoms with van der Waals surface area (Å²) < 4.78 is 0. The third-order valence-corrected chi connectivity index (χ3v) is 3.95. The molecule has 2 amide bonds. The van der Waals surface area contributed by atoms with Crippen molar-refractivity contribution in [1.82, 2.24) is 5.32 Å². The summed E-state index contributed by atoms with van der Waals surface area (Å²) in [6.45, 7) is 5.06. The van der Waals surface area contributed by atoms with Gasteiger partial charge in [-0.2, -0.15) is 0 Å². The maximum Gasteiger partial charge on any atom is 0.319 e. The molecule has 1 aromatic carbocycles. The Balaban J connectivity index is 2.44. The molecule has 0 saturated heterocycles. The van der Waals surface area contributed by atoms with Gasteiger partial charge in [-0.25, -0.2) is 4.79 Å². The van der Waals surface area contributed by atoms with Crippen molar-refractivity contribution < 1.29 is 9.90 Å². The fraction of sp³-hybridized carbons (Fsp3) is 0.562. The summed E-state index contributed by atoms with van der Waals surface area (Å²) >= 11 is 1.64. The lowest BCUT2D eigenvalue weighted by Crippen LogP contribution is -2.33. The first-order chi connectivity index (χ1) is 10.0. The number of hydrogen-bond donors (Lipinski definition) is 3. The average molecular weight is 310 g/mol. The molecule has 0 saturated carbocycles. The van der Waals surface area contributed by atoms with E-state index >= 15 is 0 Å². The largest absolute Gasteiger partial charge is 0.396 e. The predicted octanol–water partition coefficient (Wildman–Crippen LogP) is 3.57. The molecular weight excluding hydrogens is 284 g/mol. The maximum absolute atomic E-state index is 11.9. The second-order valence-electron chi connectivity index (χ2n) is 5.57. The molecule has 0 aromatic heterocycles. The van der Waals surface area contributed by atoms with E-state index in [1.807, 2.05) is 30.5 Å². The van der Waals surface area contributed by atoms with Crippen LogP contribution in [0.3, 0.4) is 0 Å². The van der Waals surface area contributed by atoms with E-state index in [2.05, 4.69) is 24.5 Å².